The Labute approximate surface area is 117 Å². The van der Waals surface area contributed by atoms with Gasteiger partial charge in [0.05, 0.1) is 6.54 Å². The summed E-state index contributed by atoms with van der Waals surface area (Å²) in [6.45, 7) is 1.48. The number of nitrogens with zero attached hydrogens (tertiary/aromatic N) is 1. The highest BCUT2D eigenvalue weighted by Gasteiger charge is 2.46. The van der Waals surface area contributed by atoms with E-state index in [1.807, 2.05) is 0 Å². The van der Waals surface area contributed by atoms with Gasteiger partial charge in [0.15, 0.2) is 0 Å². The number of halogens is 3. The minimum Gasteiger partial charge on any atom is -0.368 e. The predicted octanol–water partition coefficient (Wildman–Crippen LogP) is 1.50. The van der Waals surface area contributed by atoms with Gasteiger partial charge in [-0.1, -0.05) is 13.3 Å². The van der Waals surface area contributed by atoms with E-state index < -0.39 is 24.2 Å². The first kappa shape index (κ1) is 17.2. The van der Waals surface area contributed by atoms with Crippen molar-refractivity contribution in [1.82, 2.24) is 10.2 Å². The van der Waals surface area contributed by atoms with Crippen molar-refractivity contribution in [2.45, 2.75) is 44.3 Å². The van der Waals surface area contributed by atoms with Crippen LogP contribution in [0.25, 0.3) is 0 Å². The zero-order valence-corrected chi connectivity index (χ0v) is 12.1. The van der Waals surface area contributed by atoms with Gasteiger partial charge in [-0.15, -0.1) is 0 Å². The molecule has 1 fully saturated rings. The summed E-state index contributed by atoms with van der Waals surface area (Å²) >= 11 is 0. The van der Waals surface area contributed by atoms with Crippen LogP contribution in [0.5, 0.6) is 0 Å². The number of carbonyl (C=O) groups excluding carboxylic acids is 1. The lowest BCUT2D eigenvalue weighted by Gasteiger charge is -2.33. The highest BCUT2D eigenvalue weighted by molar-refractivity contribution is 5.85. The molecule has 0 bridgehead atoms. The predicted molar refractivity (Wildman–Crippen MR) is 71.1 cm³/mol. The average Bonchev–Trinajstić information content (AvgIpc) is 2.77. The molecule has 1 amide bonds. The van der Waals surface area contributed by atoms with Crippen LogP contribution in [0.3, 0.4) is 0 Å². The van der Waals surface area contributed by atoms with E-state index in [1.54, 1.807) is 14.0 Å². The number of hydrogen-bond acceptors (Lipinski definition) is 3. The molecular formula is C13H24F3N3O. The van der Waals surface area contributed by atoms with E-state index in [9.17, 15) is 18.0 Å². The molecule has 0 spiro atoms. The zero-order chi connectivity index (χ0) is 15.4. The Morgan fingerprint density at radius 2 is 2.15 bits per heavy atom. The minimum absolute atomic E-state index is 0.00674. The third-order valence-electron chi connectivity index (χ3n) is 4.35. The minimum atomic E-state index is -4.19. The Morgan fingerprint density at radius 1 is 1.50 bits per heavy atom. The van der Waals surface area contributed by atoms with Gasteiger partial charge in [0.1, 0.15) is 5.54 Å². The quantitative estimate of drug-likeness (QED) is 0.748. The lowest BCUT2D eigenvalue weighted by Crippen LogP contribution is -2.57. The zero-order valence-electron chi connectivity index (χ0n) is 12.1. The summed E-state index contributed by atoms with van der Waals surface area (Å²) in [5.41, 5.74) is 4.73. The lowest BCUT2D eigenvalue weighted by molar-refractivity contribution is -0.146. The van der Waals surface area contributed by atoms with Gasteiger partial charge in [-0.05, 0) is 45.3 Å². The van der Waals surface area contributed by atoms with Crippen LogP contribution in [0.2, 0.25) is 0 Å². The Hall–Kier alpha value is -0.820. The van der Waals surface area contributed by atoms with Gasteiger partial charge in [0.2, 0.25) is 5.91 Å². The fraction of sp³-hybridized carbons (Fsp3) is 0.923. The fourth-order valence-corrected chi connectivity index (χ4v) is 3.19. The molecule has 1 saturated carbocycles. The number of amides is 1. The first-order valence-corrected chi connectivity index (χ1v) is 7.03. The standard InChI is InChI=1S/C13H24F3N3O/c1-3-19(9-13(14,15)16)8-6-10-5-4-7-12(10,18-2)11(17)20/h10,18H,3-9H2,1-2H3,(H2,17,20). The van der Waals surface area contributed by atoms with Crippen LogP contribution in [-0.4, -0.2) is 49.2 Å². The summed E-state index contributed by atoms with van der Waals surface area (Å²) < 4.78 is 37.2. The molecule has 1 rings (SSSR count). The number of likely N-dealkylation sites (N-methyl/N-ethyl adjacent to an activating group) is 1. The van der Waals surface area contributed by atoms with Crippen LogP contribution in [0.15, 0.2) is 0 Å². The summed E-state index contributed by atoms with van der Waals surface area (Å²) in [7, 11) is 1.69. The van der Waals surface area contributed by atoms with Crippen LogP contribution < -0.4 is 11.1 Å². The molecule has 0 aromatic heterocycles. The van der Waals surface area contributed by atoms with E-state index in [2.05, 4.69) is 5.32 Å². The molecule has 1 aliphatic rings. The monoisotopic (exact) mass is 295 g/mol. The van der Waals surface area contributed by atoms with Crippen LogP contribution in [-0.2, 0) is 4.79 Å². The van der Waals surface area contributed by atoms with Crippen molar-refractivity contribution < 1.29 is 18.0 Å². The molecule has 4 nitrogen and oxygen atoms in total. The second-order valence-corrected chi connectivity index (χ2v) is 5.45. The molecule has 7 heteroatoms. The Kier molecular flexibility index (Phi) is 5.82. The maximum Gasteiger partial charge on any atom is 0.401 e. The van der Waals surface area contributed by atoms with Gasteiger partial charge in [-0.2, -0.15) is 13.2 Å². The van der Waals surface area contributed by atoms with Crippen LogP contribution in [0.1, 0.15) is 32.6 Å². The van der Waals surface area contributed by atoms with Gasteiger partial charge in [-0.25, -0.2) is 0 Å². The van der Waals surface area contributed by atoms with Gasteiger partial charge < -0.3 is 11.1 Å². The van der Waals surface area contributed by atoms with Crippen molar-refractivity contribution in [1.29, 1.82) is 0 Å². The Balaban J connectivity index is 2.61. The molecule has 0 heterocycles. The van der Waals surface area contributed by atoms with Crippen LogP contribution in [0, 0.1) is 5.92 Å². The number of rotatable bonds is 7. The molecule has 0 aliphatic heterocycles. The van der Waals surface area contributed by atoms with E-state index in [4.69, 9.17) is 5.73 Å². The smallest absolute Gasteiger partial charge is 0.368 e. The molecule has 1 aliphatic carbocycles. The first-order valence-electron chi connectivity index (χ1n) is 7.03. The summed E-state index contributed by atoms with van der Waals surface area (Å²) in [6.07, 6.45) is -1.27. The van der Waals surface area contributed by atoms with Crippen LogP contribution >= 0.6 is 0 Å². The van der Waals surface area contributed by atoms with E-state index in [0.29, 0.717) is 25.9 Å². The number of nitrogens with one attached hydrogen (secondary N) is 1. The molecule has 118 valence electrons. The van der Waals surface area contributed by atoms with Gasteiger partial charge in [0, 0.05) is 0 Å². The molecule has 0 saturated heterocycles. The largest absolute Gasteiger partial charge is 0.401 e. The first-order chi connectivity index (χ1) is 9.25. The third kappa shape index (κ3) is 4.09. The summed E-state index contributed by atoms with van der Waals surface area (Å²) in [6, 6.07) is 0. The maximum atomic E-state index is 12.4. The SMILES string of the molecule is CCN(CCC1CCCC1(NC)C(N)=O)CC(F)(F)F. The summed E-state index contributed by atoms with van der Waals surface area (Å²) in [5.74, 6) is -0.395. The van der Waals surface area contributed by atoms with E-state index in [0.717, 1.165) is 12.8 Å². The van der Waals surface area contributed by atoms with Crippen molar-refractivity contribution in [3.8, 4) is 0 Å². The van der Waals surface area contributed by atoms with E-state index in [1.165, 1.54) is 4.90 Å². The van der Waals surface area contributed by atoms with E-state index in [-0.39, 0.29) is 5.92 Å². The number of hydrogen-bond donors (Lipinski definition) is 2. The Morgan fingerprint density at radius 3 is 2.60 bits per heavy atom. The van der Waals surface area contributed by atoms with Crippen molar-refractivity contribution in [3.05, 3.63) is 0 Å². The van der Waals surface area contributed by atoms with Gasteiger partial charge in [-0.3, -0.25) is 9.69 Å². The average molecular weight is 295 g/mol. The van der Waals surface area contributed by atoms with Crippen molar-refractivity contribution in [3.63, 3.8) is 0 Å². The molecule has 2 unspecified atom stereocenters. The molecule has 3 N–H and O–H groups in total. The fourth-order valence-electron chi connectivity index (χ4n) is 3.19. The molecular weight excluding hydrogens is 271 g/mol. The second-order valence-electron chi connectivity index (χ2n) is 5.45. The highest BCUT2D eigenvalue weighted by atomic mass is 19.4. The molecule has 0 aromatic carbocycles. The number of primary amides is 1. The molecule has 2 atom stereocenters. The van der Waals surface area contributed by atoms with E-state index >= 15 is 0 Å². The highest BCUT2D eigenvalue weighted by Crippen LogP contribution is 2.37. The summed E-state index contributed by atoms with van der Waals surface area (Å²) in [5, 5.41) is 3.00. The maximum absolute atomic E-state index is 12.4. The number of alkyl halides is 3. The molecule has 20 heavy (non-hydrogen) atoms. The van der Waals surface area contributed by atoms with Crippen molar-refractivity contribution >= 4 is 5.91 Å². The molecule has 0 aromatic rings. The topological polar surface area (TPSA) is 58.4 Å². The molecule has 0 radical (unpaired) electrons. The Bertz CT molecular complexity index is 335. The van der Waals surface area contributed by atoms with Gasteiger partial charge >= 0.3 is 6.18 Å². The number of nitrogens with two attached hydrogens (primary N) is 1. The van der Waals surface area contributed by atoms with Gasteiger partial charge in [0.25, 0.3) is 0 Å². The normalized spacial score (nSPS) is 27.2. The number of carbonyl (C=O) groups is 1. The summed E-state index contributed by atoms with van der Waals surface area (Å²) in [4.78, 5) is 13.0. The van der Waals surface area contributed by atoms with Crippen molar-refractivity contribution in [2.75, 3.05) is 26.7 Å². The lowest BCUT2D eigenvalue weighted by atomic mass is 9.84. The second kappa shape index (κ2) is 6.76. The van der Waals surface area contributed by atoms with Crippen LogP contribution in [0.4, 0.5) is 13.2 Å². The van der Waals surface area contributed by atoms with Crippen molar-refractivity contribution in [2.24, 2.45) is 11.7 Å². The third-order valence-corrected chi connectivity index (χ3v) is 4.35.